The molecule has 0 radical (unpaired) electrons. The van der Waals surface area contributed by atoms with E-state index in [4.69, 9.17) is 38.3 Å². The predicted octanol–water partition coefficient (Wildman–Crippen LogP) is 2.44. The SMILES string of the molecule is Cc1ccc(S(=O)(=O)OCCOCCOCCOCCOCCOCCOc2ccc(N)cc2)cc1. The summed E-state index contributed by atoms with van der Waals surface area (Å²) in [7, 11) is -3.76. The van der Waals surface area contributed by atoms with Gasteiger partial charge in [0.25, 0.3) is 10.1 Å². The maximum absolute atomic E-state index is 12.0. The molecule has 0 unspecified atom stereocenters. The Bertz CT molecular complexity index is 922. The second-order valence-electron chi connectivity index (χ2n) is 7.57. The van der Waals surface area contributed by atoms with Crippen molar-refractivity contribution in [3.63, 3.8) is 0 Å². The first-order valence-corrected chi connectivity index (χ1v) is 13.2. The molecule has 0 saturated carbocycles. The molecule has 36 heavy (non-hydrogen) atoms. The van der Waals surface area contributed by atoms with Crippen molar-refractivity contribution in [2.24, 2.45) is 0 Å². The van der Waals surface area contributed by atoms with E-state index in [9.17, 15) is 8.42 Å². The Kier molecular flexibility index (Phi) is 15.0. The van der Waals surface area contributed by atoms with E-state index in [2.05, 4.69) is 0 Å². The van der Waals surface area contributed by atoms with Crippen molar-refractivity contribution in [1.29, 1.82) is 0 Å². The molecule has 2 N–H and O–H groups in total. The van der Waals surface area contributed by atoms with Crippen LogP contribution in [0.5, 0.6) is 5.75 Å². The molecule has 2 rings (SSSR count). The zero-order valence-electron chi connectivity index (χ0n) is 20.8. The lowest BCUT2D eigenvalue weighted by atomic mass is 10.2. The third kappa shape index (κ3) is 13.7. The van der Waals surface area contributed by atoms with Crippen molar-refractivity contribution < 1.29 is 41.0 Å². The second kappa shape index (κ2) is 18.1. The number of benzene rings is 2. The highest BCUT2D eigenvalue weighted by Gasteiger charge is 2.14. The lowest BCUT2D eigenvalue weighted by molar-refractivity contribution is -0.0140. The molecule has 2 aromatic carbocycles. The first-order chi connectivity index (χ1) is 17.5. The highest BCUT2D eigenvalue weighted by atomic mass is 32.2. The fourth-order valence-corrected chi connectivity index (χ4v) is 3.63. The van der Waals surface area contributed by atoms with Gasteiger partial charge in [-0.25, -0.2) is 0 Å². The van der Waals surface area contributed by atoms with Crippen molar-refractivity contribution in [3.05, 3.63) is 54.1 Å². The van der Waals surface area contributed by atoms with E-state index in [0.717, 1.165) is 11.3 Å². The predicted molar refractivity (Wildman–Crippen MR) is 135 cm³/mol. The van der Waals surface area contributed by atoms with Crippen LogP contribution in [-0.2, 0) is 38.0 Å². The molecule has 2 aromatic rings. The molecule has 0 aliphatic carbocycles. The Morgan fingerprint density at radius 1 is 0.583 bits per heavy atom. The van der Waals surface area contributed by atoms with Crippen LogP contribution in [-0.4, -0.2) is 87.7 Å². The largest absolute Gasteiger partial charge is 0.491 e. The van der Waals surface area contributed by atoms with Crippen molar-refractivity contribution >= 4 is 15.8 Å². The van der Waals surface area contributed by atoms with E-state index in [1.165, 1.54) is 12.1 Å². The number of ether oxygens (including phenoxy) is 6. The van der Waals surface area contributed by atoms with Gasteiger partial charge in [-0.1, -0.05) is 17.7 Å². The second-order valence-corrected chi connectivity index (χ2v) is 9.18. The number of aryl methyl sites for hydroxylation is 1. The number of nitrogen functional groups attached to an aromatic ring is 1. The molecular formula is C25H37NO9S. The first kappa shape index (κ1) is 30.0. The Balaban J connectivity index is 1.28. The molecule has 0 amide bonds. The number of nitrogens with two attached hydrogens (primary N) is 1. The van der Waals surface area contributed by atoms with Crippen molar-refractivity contribution in [2.75, 3.05) is 85.0 Å². The molecule has 0 aliphatic heterocycles. The summed E-state index contributed by atoms with van der Waals surface area (Å²) in [5.74, 6) is 0.759. The molecule has 0 bridgehead atoms. The van der Waals surface area contributed by atoms with E-state index in [0.29, 0.717) is 71.8 Å². The summed E-state index contributed by atoms with van der Waals surface area (Å²) in [4.78, 5) is 0.131. The van der Waals surface area contributed by atoms with Crippen LogP contribution < -0.4 is 10.5 Å². The Labute approximate surface area is 213 Å². The summed E-state index contributed by atoms with van der Waals surface area (Å²) >= 11 is 0. The fraction of sp³-hybridized carbons (Fsp3) is 0.520. The van der Waals surface area contributed by atoms with Crippen LogP contribution in [0.25, 0.3) is 0 Å². The summed E-state index contributed by atoms with van der Waals surface area (Å²) in [5.41, 5.74) is 7.30. The van der Waals surface area contributed by atoms with Gasteiger partial charge < -0.3 is 34.2 Å². The fourth-order valence-electron chi connectivity index (χ4n) is 2.74. The van der Waals surface area contributed by atoms with Crippen LogP contribution in [0, 0.1) is 6.92 Å². The van der Waals surface area contributed by atoms with Gasteiger partial charge in [0.2, 0.25) is 0 Å². The van der Waals surface area contributed by atoms with Gasteiger partial charge in [-0.3, -0.25) is 4.18 Å². The van der Waals surface area contributed by atoms with Gasteiger partial charge >= 0.3 is 0 Å². The van der Waals surface area contributed by atoms with Gasteiger partial charge in [0.15, 0.2) is 0 Å². The molecule has 0 aromatic heterocycles. The Hall–Kier alpha value is -2.25. The summed E-state index contributed by atoms with van der Waals surface area (Å²) in [6.07, 6.45) is 0. The molecule has 0 atom stereocenters. The summed E-state index contributed by atoms with van der Waals surface area (Å²) in [6, 6.07) is 13.7. The minimum atomic E-state index is -3.76. The van der Waals surface area contributed by atoms with Crippen LogP contribution in [0.15, 0.2) is 53.4 Å². The van der Waals surface area contributed by atoms with Gasteiger partial charge in [-0.15, -0.1) is 0 Å². The minimum absolute atomic E-state index is 0.0538. The van der Waals surface area contributed by atoms with Crippen molar-refractivity contribution in [2.45, 2.75) is 11.8 Å². The van der Waals surface area contributed by atoms with Gasteiger partial charge in [0.05, 0.1) is 77.6 Å². The van der Waals surface area contributed by atoms with E-state index >= 15 is 0 Å². The lowest BCUT2D eigenvalue weighted by Gasteiger charge is -2.09. The van der Waals surface area contributed by atoms with Crippen LogP contribution in [0.3, 0.4) is 0 Å². The number of hydrogen-bond acceptors (Lipinski definition) is 10. The molecule has 0 aliphatic rings. The van der Waals surface area contributed by atoms with E-state index in [1.807, 2.05) is 19.1 Å². The normalized spacial score (nSPS) is 11.6. The maximum Gasteiger partial charge on any atom is 0.297 e. The topological polar surface area (TPSA) is 125 Å². The van der Waals surface area contributed by atoms with E-state index < -0.39 is 10.1 Å². The van der Waals surface area contributed by atoms with Crippen molar-refractivity contribution in [3.8, 4) is 5.75 Å². The lowest BCUT2D eigenvalue weighted by Crippen LogP contribution is -2.15. The average molecular weight is 528 g/mol. The maximum atomic E-state index is 12.0. The number of anilines is 1. The van der Waals surface area contributed by atoms with E-state index in [-0.39, 0.29) is 18.1 Å². The third-order valence-electron chi connectivity index (χ3n) is 4.64. The zero-order chi connectivity index (χ0) is 25.9. The van der Waals surface area contributed by atoms with Gasteiger partial charge in [0, 0.05) is 5.69 Å². The third-order valence-corrected chi connectivity index (χ3v) is 5.97. The highest BCUT2D eigenvalue weighted by Crippen LogP contribution is 2.13. The zero-order valence-corrected chi connectivity index (χ0v) is 21.6. The molecule has 10 nitrogen and oxygen atoms in total. The van der Waals surface area contributed by atoms with Crippen LogP contribution in [0.2, 0.25) is 0 Å². The molecule has 0 saturated heterocycles. The standard InChI is InChI=1S/C25H37NO9S/c1-22-2-8-25(9-3-22)36(27,28)35-21-19-33-17-15-31-13-11-29-10-12-30-14-16-32-18-20-34-24-6-4-23(26)5-7-24/h2-9H,10-21,26H2,1H3. The molecule has 202 valence electrons. The van der Waals surface area contributed by atoms with Gasteiger partial charge in [0.1, 0.15) is 12.4 Å². The molecule has 11 heteroatoms. The first-order valence-electron chi connectivity index (χ1n) is 11.8. The van der Waals surface area contributed by atoms with Crippen LogP contribution >= 0.6 is 0 Å². The van der Waals surface area contributed by atoms with Crippen molar-refractivity contribution in [1.82, 2.24) is 0 Å². The van der Waals surface area contributed by atoms with Gasteiger partial charge in [-0.2, -0.15) is 8.42 Å². The Morgan fingerprint density at radius 3 is 1.47 bits per heavy atom. The summed E-state index contributed by atoms with van der Waals surface area (Å²) in [5, 5.41) is 0. The van der Waals surface area contributed by atoms with Crippen LogP contribution in [0.1, 0.15) is 5.56 Å². The average Bonchev–Trinajstić information content (AvgIpc) is 2.86. The molecule has 0 heterocycles. The molecule has 0 fully saturated rings. The molecule has 0 spiro atoms. The summed E-state index contributed by atoms with van der Waals surface area (Å²) < 4.78 is 61.5. The quantitative estimate of drug-likeness (QED) is 0.147. The monoisotopic (exact) mass is 527 g/mol. The van der Waals surface area contributed by atoms with Gasteiger partial charge in [-0.05, 0) is 43.3 Å². The van der Waals surface area contributed by atoms with E-state index in [1.54, 1.807) is 24.3 Å². The number of rotatable bonds is 21. The molecular weight excluding hydrogens is 490 g/mol. The Morgan fingerprint density at radius 2 is 1.00 bits per heavy atom. The summed E-state index contributed by atoms with van der Waals surface area (Å²) in [6.45, 7) is 6.41. The minimum Gasteiger partial charge on any atom is -0.491 e. The smallest absolute Gasteiger partial charge is 0.297 e. The highest BCUT2D eigenvalue weighted by molar-refractivity contribution is 7.86. The number of hydrogen-bond donors (Lipinski definition) is 1. The van der Waals surface area contributed by atoms with Crippen LogP contribution in [0.4, 0.5) is 5.69 Å².